The predicted octanol–water partition coefficient (Wildman–Crippen LogP) is 2.20. The van der Waals surface area contributed by atoms with Crippen LogP contribution in [-0.2, 0) is 4.79 Å². The molecule has 0 radical (unpaired) electrons. The van der Waals surface area contributed by atoms with Crippen LogP contribution in [0.3, 0.4) is 0 Å². The molecule has 1 fully saturated rings. The van der Waals surface area contributed by atoms with Crippen molar-refractivity contribution in [3.63, 3.8) is 0 Å². The number of piperidine rings is 1. The van der Waals surface area contributed by atoms with E-state index >= 15 is 0 Å². The Labute approximate surface area is 157 Å². The van der Waals surface area contributed by atoms with E-state index in [1.165, 1.54) is 0 Å². The minimum absolute atomic E-state index is 0.00553. The number of amides is 2. The summed E-state index contributed by atoms with van der Waals surface area (Å²) in [7, 11) is 0. The van der Waals surface area contributed by atoms with Gasteiger partial charge in [-0.05, 0) is 43.2 Å². The van der Waals surface area contributed by atoms with Crippen molar-refractivity contribution >= 4 is 28.9 Å². The Hall–Kier alpha value is -3.06. The van der Waals surface area contributed by atoms with Crippen LogP contribution in [0.15, 0.2) is 42.5 Å². The van der Waals surface area contributed by atoms with Crippen LogP contribution < -0.4 is 26.0 Å². The van der Waals surface area contributed by atoms with Crippen molar-refractivity contribution in [1.82, 2.24) is 0 Å². The standard InChI is InChI=1S/C20H22N4O3/c21-13-7-9-24(10-8-13)17-4-2-1-3-15(17)20(26)22-14-5-6-18-16(11-14)23-19(25)12-27-18/h1-6,11,13H,7-10,12,21H2,(H,22,26)(H,23,25). The Bertz CT molecular complexity index is 875. The summed E-state index contributed by atoms with van der Waals surface area (Å²) >= 11 is 0. The molecule has 2 heterocycles. The van der Waals surface area contributed by atoms with Crippen molar-refractivity contribution in [2.24, 2.45) is 5.73 Å². The van der Waals surface area contributed by atoms with Gasteiger partial charge in [0.1, 0.15) is 5.75 Å². The van der Waals surface area contributed by atoms with Crippen LogP contribution in [0, 0.1) is 0 Å². The third-order valence-electron chi connectivity index (χ3n) is 4.90. The van der Waals surface area contributed by atoms with E-state index in [-0.39, 0.29) is 24.5 Å². The van der Waals surface area contributed by atoms with Crippen LogP contribution in [0.1, 0.15) is 23.2 Å². The first kappa shape index (κ1) is 17.4. The number of nitrogens with one attached hydrogen (secondary N) is 2. The molecule has 2 amide bonds. The molecule has 2 aromatic carbocycles. The second-order valence-electron chi connectivity index (χ2n) is 6.84. The summed E-state index contributed by atoms with van der Waals surface area (Å²) < 4.78 is 5.35. The lowest BCUT2D eigenvalue weighted by molar-refractivity contribution is -0.118. The number of anilines is 3. The zero-order chi connectivity index (χ0) is 18.8. The molecule has 0 unspecified atom stereocenters. The molecule has 0 aliphatic carbocycles. The van der Waals surface area contributed by atoms with Crippen molar-refractivity contribution < 1.29 is 14.3 Å². The average Bonchev–Trinajstić information content (AvgIpc) is 2.68. The maximum atomic E-state index is 12.9. The molecule has 4 rings (SSSR count). The third-order valence-corrected chi connectivity index (χ3v) is 4.90. The molecule has 7 nitrogen and oxygen atoms in total. The molecular formula is C20H22N4O3. The molecule has 0 saturated carbocycles. The highest BCUT2D eigenvalue weighted by atomic mass is 16.5. The Morgan fingerprint density at radius 1 is 1.19 bits per heavy atom. The summed E-state index contributed by atoms with van der Waals surface area (Å²) in [6.07, 6.45) is 1.83. The van der Waals surface area contributed by atoms with Gasteiger partial charge in [0.05, 0.1) is 11.3 Å². The van der Waals surface area contributed by atoms with Gasteiger partial charge in [0.2, 0.25) is 0 Å². The summed E-state index contributed by atoms with van der Waals surface area (Å²) in [4.78, 5) is 26.6. The highest BCUT2D eigenvalue weighted by Crippen LogP contribution is 2.31. The Kier molecular flexibility index (Phi) is 4.68. The number of nitrogens with two attached hydrogens (primary N) is 1. The SMILES string of the molecule is NC1CCN(c2ccccc2C(=O)Nc2ccc3c(c2)NC(=O)CO3)CC1. The minimum Gasteiger partial charge on any atom is -0.482 e. The Morgan fingerprint density at radius 2 is 1.96 bits per heavy atom. The Balaban J connectivity index is 1.54. The highest BCUT2D eigenvalue weighted by molar-refractivity contribution is 6.08. The first-order chi connectivity index (χ1) is 13.1. The van der Waals surface area contributed by atoms with Crippen LogP contribution in [0.25, 0.3) is 0 Å². The molecule has 7 heteroatoms. The zero-order valence-corrected chi connectivity index (χ0v) is 14.9. The molecule has 1 saturated heterocycles. The fraction of sp³-hybridized carbons (Fsp3) is 0.300. The van der Waals surface area contributed by atoms with Gasteiger partial charge < -0.3 is 26.0 Å². The third kappa shape index (κ3) is 3.73. The number of hydrogen-bond donors (Lipinski definition) is 3. The summed E-state index contributed by atoms with van der Waals surface area (Å²) in [6, 6.07) is 13.0. The minimum atomic E-state index is -0.209. The number of para-hydroxylation sites is 1. The van der Waals surface area contributed by atoms with E-state index in [1.807, 2.05) is 24.3 Å². The van der Waals surface area contributed by atoms with E-state index in [2.05, 4.69) is 15.5 Å². The maximum Gasteiger partial charge on any atom is 0.262 e. The van der Waals surface area contributed by atoms with Gasteiger partial charge >= 0.3 is 0 Å². The molecular weight excluding hydrogens is 344 g/mol. The second kappa shape index (κ2) is 7.28. The summed E-state index contributed by atoms with van der Waals surface area (Å²) in [5.41, 5.74) is 8.68. The van der Waals surface area contributed by atoms with E-state index < -0.39 is 0 Å². The summed E-state index contributed by atoms with van der Waals surface area (Å²) in [5.74, 6) is 0.195. The molecule has 0 aromatic heterocycles. The number of benzene rings is 2. The van der Waals surface area contributed by atoms with Crippen molar-refractivity contribution in [3.8, 4) is 5.75 Å². The largest absolute Gasteiger partial charge is 0.482 e. The normalized spacial score (nSPS) is 16.9. The summed E-state index contributed by atoms with van der Waals surface area (Å²) in [6.45, 7) is 1.69. The molecule has 2 aliphatic heterocycles. The molecule has 27 heavy (non-hydrogen) atoms. The molecule has 2 aromatic rings. The smallest absolute Gasteiger partial charge is 0.262 e. The van der Waals surface area contributed by atoms with Crippen LogP contribution in [-0.4, -0.2) is 37.6 Å². The average molecular weight is 366 g/mol. The summed E-state index contributed by atoms with van der Waals surface area (Å²) in [5, 5.41) is 5.66. The predicted molar refractivity (Wildman–Crippen MR) is 104 cm³/mol. The maximum absolute atomic E-state index is 12.9. The van der Waals surface area contributed by atoms with Crippen molar-refractivity contribution in [1.29, 1.82) is 0 Å². The number of nitrogens with zero attached hydrogens (tertiary/aromatic N) is 1. The van der Waals surface area contributed by atoms with Gasteiger partial charge in [-0.25, -0.2) is 0 Å². The molecule has 140 valence electrons. The van der Waals surface area contributed by atoms with E-state index in [0.29, 0.717) is 22.7 Å². The molecule has 4 N–H and O–H groups in total. The van der Waals surface area contributed by atoms with Gasteiger partial charge in [-0.1, -0.05) is 12.1 Å². The number of hydrogen-bond acceptors (Lipinski definition) is 5. The van der Waals surface area contributed by atoms with Crippen LogP contribution in [0.2, 0.25) is 0 Å². The van der Waals surface area contributed by atoms with Crippen LogP contribution in [0.4, 0.5) is 17.1 Å². The van der Waals surface area contributed by atoms with Crippen molar-refractivity contribution in [3.05, 3.63) is 48.0 Å². The van der Waals surface area contributed by atoms with E-state index in [9.17, 15) is 9.59 Å². The number of carbonyl (C=O) groups excluding carboxylic acids is 2. The highest BCUT2D eigenvalue weighted by Gasteiger charge is 2.22. The number of rotatable bonds is 3. The lowest BCUT2D eigenvalue weighted by atomic mass is 10.0. The zero-order valence-electron chi connectivity index (χ0n) is 14.9. The fourth-order valence-corrected chi connectivity index (χ4v) is 3.44. The molecule has 0 atom stereocenters. The lowest BCUT2D eigenvalue weighted by Gasteiger charge is -2.33. The van der Waals surface area contributed by atoms with Gasteiger partial charge in [0, 0.05) is 30.5 Å². The van der Waals surface area contributed by atoms with Gasteiger partial charge in [0.15, 0.2) is 6.61 Å². The second-order valence-corrected chi connectivity index (χ2v) is 6.84. The van der Waals surface area contributed by atoms with Crippen LogP contribution in [0.5, 0.6) is 5.75 Å². The van der Waals surface area contributed by atoms with Gasteiger partial charge in [0.25, 0.3) is 11.8 Å². The van der Waals surface area contributed by atoms with Gasteiger partial charge in [-0.3, -0.25) is 9.59 Å². The lowest BCUT2D eigenvalue weighted by Crippen LogP contribution is -2.40. The number of carbonyl (C=O) groups is 2. The number of ether oxygens (including phenoxy) is 1. The number of fused-ring (bicyclic) bond motifs is 1. The monoisotopic (exact) mass is 366 g/mol. The Morgan fingerprint density at radius 3 is 2.78 bits per heavy atom. The first-order valence-corrected chi connectivity index (χ1v) is 9.08. The molecule has 2 aliphatic rings. The van der Waals surface area contributed by atoms with Crippen molar-refractivity contribution in [2.45, 2.75) is 18.9 Å². The molecule has 0 bridgehead atoms. The fourth-order valence-electron chi connectivity index (χ4n) is 3.44. The first-order valence-electron chi connectivity index (χ1n) is 9.08. The molecule has 0 spiro atoms. The topological polar surface area (TPSA) is 96.7 Å². The van der Waals surface area contributed by atoms with Gasteiger partial charge in [-0.2, -0.15) is 0 Å². The van der Waals surface area contributed by atoms with Gasteiger partial charge in [-0.15, -0.1) is 0 Å². The quantitative estimate of drug-likeness (QED) is 0.774. The van der Waals surface area contributed by atoms with E-state index in [4.69, 9.17) is 10.5 Å². The van der Waals surface area contributed by atoms with E-state index in [0.717, 1.165) is 31.6 Å². The van der Waals surface area contributed by atoms with Crippen LogP contribution >= 0.6 is 0 Å². The van der Waals surface area contributed by atoms with Crippen molar-refractivity contribution in [2.75, 3.05) is 35.2 Å². The van der Waals surface area contributed by atoms with E-state index in [1.54, 1.807) is 18.2 Å².